The highest BCUT2D eigenvalue weighted by atomic mass is 19.4. The number of hydrogen-bond donors (Lipinski definition) is 1. The molecular weight excluding hydrogens is 481 g/mol. The fourth-order valence-electron chi connectivity index (χ4n) is 3.93. The van der Waals surface area contributed by atoms with E-state index in [9.17, 15) is 23.2 Å². The molecule has 0 spiro atoms. The number of nitriles is 1. The molecule has 0 fully saturated rings. The van der Waals surface area contributed by atoms with E-state index in [1.54, 1.807) is 0 Å². The maximum absolute atomic E-state index is 13.1. The van der Waals surface area contributed by atoms with Crippen molar-refractivity contribution in [2.45, 2.75) is 6.18 Å². The predicted molar refractivity (Wildman–Crippen MR) is 131 cm³/mol. The Kier molecular flexibility index (Phi) is 6.12. The van der Waals surface area contributed by atoms with Crippen LogP contribution >= 0.6 is 0 Å². The van der Waals surface area contributed by atoms with E-state index >= 15 is 0 Å². The van der Waals surface area contributed by atoms with Gasteiger partial charge in [-0.15, -0.1) is 0 Å². The summed E-state index contributed by atoms with van der Waals surface area (Å²) < 4.78 is 50.8. The molecule has 37 heavy (non-hydrogen) atoms. The second-order valence-electron chi connectivity index (χ2n) is 8.05. The van der Waals surface area contributed by atoms with Crippen molar-refractivity contribution in [1.29, 1.82) is 5.26 Å². The van der Waals surface area contributed by atoms with Crippen LogP contribution in [0.3, 0.4) is 0 Å². The van der Waals surface area contributed by atoms with Gasteiger partial charge in [-0.3, -0.25) is 10.1 Å². The molecule has 0 aliphatic rings. The van der Waals surface area contributed by atoms with Crippen molar-refractivity contribution < 1.29 is 26.8 Å². The van der Waals surface area contributed by atoms with Crippen LogP contribution in [0.4, 0.5) is 19.1 Å². The number of carbonyl (C=O) groups is 1. The average Bonchev–Trinajstić information content (AvgIpc) is 3.55. The van der Waals surface area contributed by atoms with E-state index < -0.39 is 17.6 Å². The van der Waals surface area contributed by atoms with Gasteiger partial charge >= 0.3 is 6.18 Å². The van der Waals surface area contributed by atoms with Crippen LogP contribution in [-0.4, -0.2) is 5.91 Å². The summed E-state index contributed by atoms with van der Waals surface area (Å²) in [6.07, 6.45) is -4.51. The zero-order valence-electron chi connectivity index (χ0n) is 19.0. The zero-order chi connectivity index (χ0) is 26.0. The van der Waals surface area contributed by atoms with Gasteiger partial charge in [0.2, 0.25) is 5.88 Å². The highest BCUT2D eigenvalue weighted by molar-refractivity contribution is 6.04. The fraction of sp³-hybridized carbons (Fsp3) is 0.0345. The number of nitrogens with one attached hydrogen (secondary N) is 1. The van der Waals surface area contributed by atoms with E-state index in [0.29, 0.717) is 16.9 Å². The lowest BCUT2D eigenvalue weighted by Gasteiger charge is -2.07. The SMILES string of the molecule is N#Cc1c(NC(=O)c2ccc(-c3cccc(C(F)(F)F)c3)o2)oc(-c2ccccc2)c1-c1ccccc1. The van der Waals surface area contributed by atoms with Crippen LogP contribution in [0.2, 0.25) is 0 Å². The molecule has 0 atom stereocenters. The van der Waals surface area contributed by atoms with Gasteiger partial charge in [0.25, 0.3) is 5.91 Å². The largest absolute Gasteiger partial charge is 0.451 e. The third-order valence-electron chi connectivity index (χ3n) is 5.65. The van der Waals surface area contributed by atoms with Crippen molar-refractivity contribution in [2.75, 3.05) is 5.32 Å². The molecule has 0 aliphatic heterocycles. The molecule has 0 bridgehead atoms. The number of nitrogens with zero attached hydrogens (tertiary/aromatic N) is 1. The molecule has 0 unspecified atom stereocenters. The zero-order valence-corrected chi connectivity index (χ0v) is 19.0. The molecule has 1 amide bonds. The minimum atomic E-state index is -4.51. The Balaban J connectivity index is 1.50. The van der Waals surface area contributed by atoms with Gasteiger partial charge in [-0.25, -0.2) is 0 Å². The molecule has 5 nitrogen and oxygen atoms in total. The van der Waals surface area contributed by atoms with Gasteiger partial charge in [0.05, 0.1) is 5.56 Å². The molecule has 0 radical (unpaired) electrons. The number of carbonyl (C=O) groups excluding carboxylic acids is 1. The second-order valence-corrected chi connectivity index (χ2v) is 8.05. The molecule has 3 aromatic carbocycles. The Bertz CT molecular complexity index is 1610. The molecule has 1 N–H and O–H groups in total. The van der Waals surface area contributed by atoms with E-state index in [1.165, 1.54) is 24.3 Å². The second kappa shape index (κ2) is 9.55. The van der Waals surface area contributed by atoms with Crippen LogP contribution in [-0.2, 0) is 6.18 Å². The van der Waals surface area contributed by atoms with Gasteiger partial charge in [-0.2, -0.15) is 18.4 Å². The number of alkyl halides is 3. The molecule has 5 rings (SSSR count). The summed E-state index contributed by atoms with van der Waals surface area (Å²) in [5.74, 6) is -0.450. The van der Waals surface area contributed by atoms with Crippen LogP contribution in [0.1, 0.15) is 21.7 Å². The summed E-state index contributed by atoms with van der Waals surface area (Å²) in [6, 6.07) is 27.8. The van der Waals surface area contributed by atoms with Gasteiger partial charge in [0.1, 0.15) is 23.2 Å². The summed E-state index contributed by atoms with van der Waals surface area (Å²) in [5.41, 5.74) is 1.43. The van der Waals surface area contributed by atoms with Gasteiger partial charge in [-0.1, -0.05) is 72.8 Å². The minimum absolute atomic E-state index is 0.0674. The number of benzene rings is 3. The molecule has 0 aliphatic carbocycles. The van der Waals surface area contributed by atoms with Crippen molar-refractivity contribution in [3.8, 4) is 39.8 Å². The average molecular weight is 498 g/mol. The van der Waals surface area contributed by atoms with Gasteiger partial charge in [0, 0.05) is 16.7 Å². The van der Waals surface area contributed by atoms with Crippen LogP contribution < -0.4 is 5.32 Å². The first-order chi connectivity index (χ1) is 17.8. The first-order valence-corrected chi connectivity index (χ1v) is 11.1. The number of hydrogen-bond acceptors (Lipinski definition) is 4. The third-order valence-corrected chi connectivity index (χ3v) is 5.65. The van der Waals surface area contributed by atoms with Crippen molar-refractivity contribution in [1.82, 2.24) is 0 Å². The summed E-state index contributed by atoms with van der Waals surface area (Å²) in [5, 5.41) is 12.5. The van der Waals surface area contributed by atoms with E-state index in [4.69, 9.17) is 8.83 Å². The Labute approximate surface area is 209 Å². The van der Waals surface area contributed by atoms with Crippen molar-refractivity contribution in [3.63, 3.8) is 0 Å². The molecule has 0 saturated heterocycles. The number of halogens is 3. The van der Waals surface area contributed by atoms with Gasteiger partial charge in [-0.05, 0) is 29.8 Å². The highest BCUT2D eigenvalue weighted by Gasteiger charge is 2.31. The van der Waals surface area contributed by atoms with Crippen molar-refractivity contribution in [2.24, 2.45) is 0 Å². The Morgan fingerprint density at radius 2 is 1.43 bits per heavy atom. The summed E-state index contributed by atoms with van der Waals surface area (Å²) in [6.45, 7) is 0. The number of amides is 1. The topological polar surface area (TPSA) is 79.2 Å². The van der Waals surface area contributed by atoms with Crippen molar-refractivity contribution in [3.05, 3.63) is 114 Å². The summed E-state index contributed by atoms with van der Waals surface area (Å²) in [4.78, 5) is 13.0. The molecule has 182 valence electrons. The van der Waals surface area contributed by atoms with Crippen LogP contribution in [0.25, 0.3) is 33.8 Å². The van der Waals surface area contributed by atoms with Crippen LogP contribution in [0.5, 0.6) is 0 Å². The van der Waals surface area contributed by atoms with E-state index in [2.05, 4.69) is 11.4 Å². The number of anilines is 1. The summed E-state index contributed by atoms with van der Waals surface area (Å²) in [7, 11) is 0. The van der Waals surface area contributed by atoms with Gasteiger partial charge in [0.15, 0.2) is 5.76 Å². The lowest BCUT2D eigenvalue weighted by atomic mass is 9.98. The summed E-state index contributed by atoms with van der Waals surface area (Å²) >= 11 is 0. The quantitative estimate of drug-likeness (QED) is 0.266. The number of rotatable bonds is 5. The first kappa shape index (κ1) is 23.7. The Hall–Kier alpha value is -5.03. The minimum Gasteiger partial charge on any atom is -0.451 e. The lowest BCUT2D eigenvalue weighted by Crippen LogP contribution is -2.11. The molecule has 2 heterocycles. The molecule has 2 aromatic heterocycles. The smallest absolute Gasteiger partial charge is 0.416 e. The van der Waals surface area contributed by atoms with Crippen LogP contribution in [0.15, 0.2) is 106 Å². The van der Waals surface area contributed by atoms with E-state index in [1.807, 2.05) is 60.7 Å². The predicted octanol–water partition coefficient (Wildman–Crippen LogP) is 8.02. The highest BCUT2D eigenvalue weighted by Crippen LogP contribution is 2.41. The maximum Gasteiger partial charge on any atom is 0.416 e. The third kappa shape index (κ3) is 4.75. The molecule has 5 aromatic rings. The molecular formula is C29H17F3N2O3. The normalized spacial score (nSPS) is 11.2. The monoisotopic (exact) mass is 498 g/mol. The molecule has 0 saturated carbocycles. The standard InChI is InChI=1S/C29H17F3N2O3/c30-29(31,32)21-13-7-12-20(16-21)23-14-15-24(36-23)27(35)34-28-22(17-33)25(18-8-3-1-4-9-18)26(37-28)19-10-5-2-6-11-19/h1-16H,(H,34,35). The maximum atomic E-state index is 13.1. The Morgan fingerprint density at radius 3 is 2.08 bits per heavy atom. The van der Waals surface area contributed by atoms with Crippen molar-refractivity contribution >= 4 is 11.8 Å². The van der Waals surface area contributed by atoms with Crippen LogP contribution in [0, 0.1) is 11.3 Å². The molecule has 8 heteroatoms. The fourth-order valence-corrected chi connectivity index (χ4v) is 3.93. The van der Waals surface area contributed by atoms with E-state index in [-0.39, 0.29) is 28.5 Å². The first-order valence-electron chi connectivity index (χ1n) is 11.1. The Morgan fingerprint density at radius 1 is 0.784 bits per heavy atom. The lowest BCUT2D eigenvalue weighted by molar-refractivity contribution is -0.137. The number of furan rings is 2. The van der Waals surface area contributed by atoms with E-state index in [0.717, 1.165) is 17.7 Å². The van der Waals surface area contributed by atoms with Gasteiger partial charge < -0.3 is 8.83 Å².